The fourth-order valence-electron chi connectivity index (χ4n) is 0.777. The van der Waals surface area contributed by atoms with Gasteiger partial charge in [0.1, 0.15) is 11.6 Å². The van der Waals surface area contributed by atoms with Crippen molar-refractivity contribution in [3.05, 3.63) is 18.0 Å². The lowest BCUT2D eigenvalue weighted by atomic mass is 10.4. The van der Waals surface area contributed by atoms with Crippen molar-refractivity contribution in [1.29, 1.82) is 0 Å². The van der Waals surface area contributed by atoms with E-state index in [1.807, 2.05) is 0 Å². The molecule has 0 atom stereocenters. The molecule has 0 aliphatic carbocycles. The summed E-state index contributed by atoms with van der Waals surface area (Å²) in [5.41, 5.74) is 5.02. The molecule has 8 heteroatoms. The van der Waals surface area contributed by atoms with Crippen LogP contribution in [0.2, 0.25) is 0 Å². The Morgan fingerprint density at radius 2 is 2.27 bits per heavy atom. The van der Waals surface area contributed by atoms with E-state index in [-0.39, 0.29) is 17.5 Å². The molecule has 0 saturated heterocycles. The first-order valence-electron chi connectivity index (χ1n) is 3.93. The van der Waals surface area contributed by atoms with E-state index in [2.05, 4.69) is 15.3 Å². The van der Waals surface area contributed by atoms with Gasteiger partial charge in [-0.3, -0.25) is 4.79 Å². The Morgan fingerprint density at radius 1 is 1.60 bits per heavy atom. The van der Waals surface area contributed by atoms with Crippen LogP contribution in [-0.4, -0.2) is 36.4 Å². The maximum atomic E-state index is 10.8. The molecule has 0 fully saturated rings. The van der Waals surface area contributed by atoms with Crippen molar-refractivity contribution in [1.82, 2.24) is 9.97 Å². The van der Waals surface area contributed by atoms with E-state index in [9.17, 15) is 13.2 Å². The lowest BCUT2D eigenvalue weighted by Gasteiger charge is -2.03. The molecule has 1 heterocycles. The van der Waals surface area contributed by atoms with Gasteiger partial charge in [-0.25, -0.2) is 18.4 Å². The van der Waals surface area contributed by atoms with Crippen LogP contribution >= 0.6 is 0 Å². The highest BCUT2D eigenvalue weighted by atomic mass is 32.2. The molecule has 0 spiro atoms. The van der Waals surface area contributed by atoms with E-state index < -0.39 is 15.7 Å². The summed E-state index contributed by atoms with van der Waals surface area (Å²) in [5.74, 6) is -0.939. The van der Waals surface area contributed by atoms with E-state index >= 15 is 0 Å². The molecule has 0 unspecified atom stereocenters. The van der Waals surface area contributed by atoms with E-state index in [1.165, 1.54) is 12.3 Å². The molecule has 0 bridgehead atoms. The first-order valence-corrected chi connectivity index (χ1v) is 5.99. The quantitative estimate of drug-likeness (QED) is 0.684. The number of nitrogens with zero attached hydrogens (tertiary/aromatic N) is 2. The van der Waals surface area contributed by atoms with Crippen LogP contribution in [0.15, 0.2) is 12.3 Å². The lowest BCUT2D eigenvalue weighted by Crippen LogP contribution is -2.17. The van der Waals surface area contributed by atoms with E-state index in [0.717, 1.165) is 6.26 Å². The summed E-state index contributed by atoms with van der Waals surface area (Å²) in [5, 5.41) is 2.46. The van der Waals surface area contributed by atoms with Crippen molar-refractivity contribution in [2.24, 2.45) is 5.73 Å². The summed E-state index contributed by atoms with van der Waals surface area (Å²) in [6, 6.07) is 1.34. The second-order valence-corrected chi connectivity index (χ2v) is 5.02. The van der Waals surface area contributed by atoms with Gasteiger partial charge in [0.05, 0.1) is 0 Å². The zero-order valence-electron chi connectivity index (χ0n) is 7.97. The van der Waals surface area contributed by atoms with Gasteiger partial charge < -0.3 is 11.1 Å². The van der Waals surface area contributed by atoms with Crippen LogP contribution in [0.3, 0.4) is 0 Å². The number of aromatic nitrogens is 2. The average Bonchev–Trinajstić information content (AvgIpc) is 2.14. The number of carbonyl (C=O) groups is 1. The smallest absolute Gasteiger partial charge is 0.267 e. The zero-order valence-corrected chi connectivity index (χ0v) is 8.78. The minimum absolute atomic E-state index is 0.0287. The standard InChI is InChI=1S/C7H10N4O3S/c1-15(13,14)4-10-7-9-3-2-5(11-7)6(8)12/h2-3H,4H2,1H3,(H2,8,12)(H,9,10,11). The molecule has 1 aromatic heterocycles. The number of hydrogen-bond acceptors (Lipinski definition) is 6. The normalized spacial score (nSPS) is 11.0. The Labute approximate surface area is 86.6 Å². The fourth-order valence-corrected chi connectivity index (χ4v) is 1.17. The first-order chi connectivity index (χ1) is 6.88. The van der Waals surface area contributed by atoms with Gasteiger partial charge in [0.25, 0.3) is 5.91 Å². The van der Waals surface area contributed by atoms with Gasteiger partial charge in [0.15, 0.2) is 9.84 Å². The molecule has 0 radical (unpaired) electrons. The third-order valence-electron chi connectivity index (χ3n) is 1.40. The van der Waals surface area contributed by atoms with E-state index in [4.69, 9.17) is 5.73 Å². The van der Waals surface area contributed by atoms with Gasteiger partial charge in [0, 0.05) is 12.5 Å². The summed E-state index contributed by atoms with van der Waals surface area (Å²) in [4.78, 5) is 18.2. The average molecular weight is 230 g/mol. The van der Waals surface area contributed by atoms with Crippen LogP contribution in [-0.2, 0) is 9.84 Å². The highest BCUT2D eigenvalue weighted by molar-refractivity contribution is 7.90. The Balaban J connectivity index is 2.79. The Morgan fingerprint density at radius 3 is 2.80 bits per heavy atom. The van der Waals surface area contributed by atoms with Gasteiger partial charge in [-0.05, 0) is 6.07 Å². The molecule has 0 aromatic carbocycles. The maximum absolute atomic E-state index is 10.8. The van der Waals surface area contributed by atoms with Gasteiger partial charge >= 0.3 is 0 Å². The predicted octanol–water partition coefficient (Wildman–Crippen LogP) is -1.01. The second-order valence-electron chi connectivity index (χ2n) is 2.88. The van der Waals surface area contributed by atoms with E-state index in [1.54, 1.807) is 0 Å². The summed E-state index contributed by atoms with van der Waals surface area (Å²) >= 11 is 0. The fraction of sp³-hybridized carbons (Fsp3) is 0.286. The highest BCUT2D eigenvalue weighted by Crippen LogP contribution is 1.99. The number of rotatable bonds is 4. The van der Waals surface area contributed by atoms with Crippen LogP contribution in [0.5, 0.6) is 0 Å². The molecule has 0 aliphatic heterocycles. The largest absolute Gasteiger partial charge is 0.364 e. The Bertz CT molecular complexity index is 471. The molecule has 0 saturated carbocycles. The molecule has 0 aliphatic rings. The topological polar surface area (TPSA) is 115 Å². The minimum atomic E-state index is -3.16. The molecule has 7 nitrogen and oxygen atoms in total. The van der Waals surface area contributed by atoms with Gasteiger partial charge in [-0.15, -0.1) is 0 Å². The molecule has 1 aromatic rings. The summed E-state index contributed by atoms with van der Waals surface area (Å²) < 4.78 is 21.6. The lowest BCUT2D eigenvalue weighted by molar-refractivity contribution is 0.0995. The zero-order chi connectivity index (χ0) is 11.5. The third-order valence-corrected chi connectivity index (χ3v) is 2.07. The van der Waals surface area contributed by atoms with Gasteiger partial charge in [0.2, 0.25) is 5.95 Å². The number of nitrogens with two attached hydrogens (primary N) is 1. The molecular formula is C7H10N4O3S. The van der Waals surface area contributed by atoms with Gasteiger partial charge in [-0.2, -0.15) is 0 Å². The number of sulfone groups is 1. The monoisotopic (exact) mass is 230 g/mol. The summed E-state index contributed by atoms with van der Waals surface area (Å²) in [6.45, 7) is 0. The second kappa shape index (κ2) is 4.22. The number of carbonyl (C=O) groups excluding carboxylic acids is 1. The Hall–Kier alpha value is -1.70. The molecular weight excluding hydrogens is 220 g/mol. The van der Waals surface area contributed by atoms with Crippen LogP contribution in [0.25, 0.3) is 0 Å². The number of hydrogen-bond donors (Lipinski definition) is 2. The number of anilines is 1. The first kappa shape index (κ1) is 11.4. The molecule has 1 amide bonds. The van der Waals surface area contributed by atoms with Crippen LogP contribution in [0.1, 0.15) is 10.5 Å². The summed E-state index contributed by atoms with van der Waals surface area (Å²) in [6.07, 6.45) is 2.38. The Kier molecular flexibility index (Phi) is 3.20. The SMILES string of the molecule is CS(=O)(=O)CNc1nccc(C(N)=O)n1. The van der Waals surface area contributed by atoms with Crippen molar-refractivity contribution in [2.45, 2.75) is 0 Å². The van der Waals surface area contributed by atoms with Crippen LogP contribution in [0.4, 0.5) is 5.95 Å². The van der Waals surface area contributed by atoms with Crippen molar-refractivity contribution in [2.75, 3.05) is 17.4 Å². The van der Waals surface area contributed by atoms with Crippen molar-refractivity contribution < 1.29 is 13.2 Å². The number of nitrogens with one attached hydrogen (secondary N) is 1. The molecule has 1 rings (SSSR count). The number of amides is 1. The molecule has 82 valence electrons. The highest BCUT2D eigenvalue weighted by Gasteiger charge is 2.06. The number of primary amides is 1. The van der Waals surface area contributed by atoms with E-state index in [0.29, 0.717) is 0 Å². The van der Waals surface area contributed by atoms with Crippen molar-refractivity contribution in [3.63, 3.8) is 0 Å². The summed E-state index contributed by atoms with van der Waals surface area (Å²) in [7, 11) is -3.16. The van der Waals surface area contributed by atoms with Crippen molar-refractivity contribution in [3.8, 4) is 0 Å². The minimum Gasteiger partial charge on any atom is -0.364 e. The molecule has 3 N–H and O–H groups in total. The van der Waals surface area contributed by atoms with Gasteiger partial charge in [-0.1, -0.05) is 0 Å². The third kappa shape index (κ3) is 3.90. The van der Waals surface area contributed by atoms with Crippen LogP contribution in [0, 0.1) is 0 Å². The molecule has 15 heavy (non-hydrogen) atoms. The predicted molar refractivity (Wildman–Crippen MR) is 53.9 cm³/mol. The van der Waals surface area contributed by atoms with Crippen molar-refractivity contribution >= 4 is 21.7 Å². The van der Waals surface area contributed by atoms with Crippen LogP contribution < -0.4 is 11.1 Å². The maximum Gasteiger partial charge on any atom is 0.267 e.